The van der Waals surface area contributed by atoms with Crippen LogP contribution < -0.4 is 8.85 Å². The minimum Gasteiger partial charge on any atom is -0.544 e. The van der Waals surface area contributed by atoms with Crippen LogP contribution in [0.3, 0.4) is 0 Å². The molecule has 2 rings (SSSR count). The average molecular weight is 461 g/mol. The fourth-order valence-corrected chi connectivity index (χ4v) is 10.7. The summed E-state index contributed by atoms with van der Waals surface area (Å²) in [6.45, 7) is 27.2. The molecule has 31 heavy (non-hydrogen) atoms. The molecule has 0 N–H and O–H groups in total. The predicted octanol–water partition coefficient (Wildman–Crippen LogP) is 9.19. The molecule has 0 saturated heterocycles. The van der Waals surface area contributed by atoms with Gasteiger partial charge in [0.2, 0.25) is 8.32 Å². The van der Waals surface area contributed by atoms with Crippen LogP contribution in [-0.2, 0) is 0 Å². The molecule has 0 aliphatic rings. The summed E-state index contributed by atoms with van der Waals surface area (Å²) >= 11 is 0. The lowest BCUT2D eigenvalue weighted by Crippen LogP contribution is -2.50. The zero-order chi connectivity index (χ0) is 23.8. The van der Waals surface area contributed by atoms with E-state index in [9.17, 15) is 0 Å². The van der Waals surface area contributed by atoms with Crippen molar-refractivity contribution in [3.8, 4) is 22.8 Å². The van der Waals surface area contributed by atoms with Gasteiger partial charge in [0, 0.05) is 11.1 Å². The quantitative estimate of drug-likeness (QED) is 0.368. The topological polar surface area (TPSA) is 31.6 Å². The molecule has 3 nitrogen and oxygen atoms in total. The third-order valence-electron chi connectivity index (χ3n) is 7.32. The van der Waals surface area contributed by atoms with E-state index in [-0.39, 0.29) is 5.04 Å². The van der Waals surface area contributed by atoms with Crippen LogP contribution in [0.4, 0.5) is 0 Å². The minimum absolute atomic E-state index is 0.179. The van der Waals surface area contributed by atoms with E-state index in [0.717, 1.165) is 22.4 Å². The second-order valence-electron chi connectivity index (χ2n) is 11.4. The zero-order valence-electron chi connectivity index (χ0n) is 21.8. The Hall–Kier alpha value is -1.47. The monoisotopic (exact) mass is 460 g/mol. The highest BCUT2D eigenvalue weighted by atomic mass is 28.4. The summed E-state index contributed by atoms with van der Waals surface area (Å²) in [5.74, 6) is 1.64. The molecule has 0 atom stereocenters. The van der Waals surface area contributed by atoms with E-state index < -0.39 is 16.6 Å². The van der Waals surface area contributed by atoms with Crippen LogP contribution in [-0.4, -0.2) is 16.6 Å². The molecular weight excluding hydrogens is 416 g/mol. The Morgan fingerprint density at radius 1 is 0.806 bits per heavy atom. The molecule has 0 spiro atoms. The Kier molecular flexibility index (Phi) is 7.64. The molecule has 0 fully saturated rings. The molecule has 0 aliphatic carbocycles. The summed E-state index contributed by atoms with van der Waals surface area (Å²) in [6, 6.07) is 8.42. The highest BCUT2D eigenvalue weighted by molar-refractivity contribution is 6.78. The van der Waals surface area contributed by atoms with Crippen LogP contribution in [0.1, 0.15) is 67.9 Å². The molecule has 0 aliphatic heterocycles. The van der Waals surface area contributed by atoms with Gasteiger partial charge >= 0.3 is 0 Å². The van der Waals surface area contributed by atoms with Gasteiger partial charge in [0.15, 0.2) is 0 Å². The average Bonchev–Trinajstić information content (AvgIpc) is 2.98. The smallest absolute Gasteiger partial charge is 0.274 e. The second-order valence-corrected chi connectivity index (χ2v) is 21.5. The van der Waals surface area contributed by atoms with E-state index in [0.29, 0.717) is 22.6 Å². The number of benzene rings is 1. The second kappa shape index (κ2) is 9.18. The van der Waals surface area contributed by atoms with Crippen LogP contribution in [0, 0.1) is 6.92 Å². The van der Waals surface area contributed by atoms with Crippen molar-refractivity contribution in [1.29, 1.82) is 0 Å². The first kappa shape index (κ1) is 25.8. The van der Waals surface area contributed by atoms with E-state index in [4.69, 9.17) is 13.3 Å². The highest BCUT2D eigenvalue weighted by Gasteiger charge is 2.48. The normalized spacial score (nSPS) is 13.4. The molecule has 0 unspecified atom stereocenters. The molecule has 0 amide bonds. The summed E-state index contributed by atoms with van der Waals surface area (Å²) in [7, 11) is -3.89. The fraction of sp³-hybridized carbons (Fsp3) is 0.615. The largest absolute Gasteiger partial charge is 0.544 e. The van der Waals surface area contributed by atoms with Gasteiger partial charge in [-0.1, -0.05) is 74.4 Å². The van der Waals surface area contributed by atoms with Gasteiger partial charge < -0.3 is 13.3 Å². The van der Waals surface area contributed by atoms with Crippen LogP contribution >= 0.6 is 0 Å². The van der Waals surface area contributed by atoms with E-state index >= 15 is 0 Å². The van der Waals surface area contributed by atoms with Gasteiger partial charge in [-0.3, -0.25) is 0 Å². The van der Waals surface area contributed by atoms with Gasteiger partial charge in [0.05, 0.1) is 0 Å². The first-order valence-electron chi connectivity index (χ1n) is 11.7. The number of furan rings is 1. The molecule has 2 aromatic rings. The van der Waals surface area contributed by atoms with Crippen LogP contribution in [0.5, 0.6) is 11.7 Å². The Morgan fingerprint density at radius 3 is 1.71 bits per heavy atom. The molecule has 174 valence electrons. The van der Waals surface area contributed by atoms with Crippen molar-refractivity contribution >= 4 is 16.6 Å². The number of hydrogen-bond acceptors (Lipinski definition) is 3. The molecule has 1 heterocycles. The third-order valence-corrected chi connectivity index (χ3v) is 17.6. The molecule has 0 bridgehead atoms. The fourth-order valence-electron chi connectivity index (χ4n) is 4.45. The molecule has 0 saturated carbocycles. The Bertz CT molecular complexity index is 834. The SMILES string of the molecule is Cc1c(-c2ccc(O[Si](C)(C)C(C)(C)C)cc2)coc1O[Si](C(C)C)(C(C)C)C(C)C. The Balaban J connectivity index is 2.31. The van der Waals surface area contributed by atoms with Gasteiger partial charge in [0.1, 0.15) is 12.0 Å². The van der Waals surface area contributed by atoms with Gasteiger partial charge in [-0.25, -0.2) is 0 Å². The standard InChI is InChI=1S/C26H44O3Si2/c1-18(2)31(19(3)4,20(5)6)29-25-21(7)24(17-27-25)22-13-15-23(16-14-22)28-30(11,12)26(8,9)10/h13-20H,1-12H3. The Morgan fingerprint density at radius 2 is 1.29 bits per heavy atom. The van der Waals surface area contributed by atoms with Gasteiger partial charge in [-0.2, -0.15) is 0 Å². The number of rotatable bonds is 8. The van der Waals surface area contributed by atoms with Gasteiger partial charge in [0.25, 0.3) is 14.3 Å². The molecule has 1 aromatic heterocycles. The summed E-state index contributed by atoms with van der Waals surface area (Å²) < 4.78 is 19.2. The van der Waals surface area contributed by atoms with E-state index in [1.54, 1.807) is 0 Å². The molecule has 1 aromatic carbocycles. The van der Waals surface area contributed by atoms with Gasteiger partial charge in [-0.05, 0) is 59.4 Å². The predicted molar refractivity (Wildman–Crippen MR) is 138 cm³/mol. The van der Waals surface area contributed by atoms with Crippen molar-refractivity contribution in [2.75, 3.05) is 0 Å². The first-order valence-corrected chi connectivity index (χ1v) is 16.7. The van der Waals surface area contributed by atoms with Crippen molar-refractivity contribution < 1.29 is 13.3 Å². The van der Waals surface area contributed by atoms with E-state index in [1.165, 1.54) is 0 Å². The maximum absolute atomic E-state index is 6.80. The summed E-state index contributed by atoms with van der Waals surface area (Å²) in [5.41, 5.74) is 4.82. The van der Waals surface area contributed by atoms with Crippen molar-refractivity contribution in [2.45, 2.75) is 104 Å². The minimum atomic E-state index is -2.05. The molecule has 5 heteroatoms. The lowest BCUT2D eigenvalue weighted by atomic mass is 10.1. The maximum atomic E-state index is 6.80. The van der Waals surface area contributed by atoms with Gasteiger partial charge in [-0.15, -0.1) is 0 Å². The van der Waals surface area contributed by atoms with Crippen molar-refractivity contribution in [1.82, 2.24) is 0 Å². The van der Waals surface area contributed by atoms with E-state index in [1.807, 2.05) is 6.26 Å². The summed E-state index contributed by atoms with van der Waals surface area (Å²) in [5, 5.41) is 0.179. The van der Waals surface area contributed by atoms with Crippen molar-refractivity contribution in [3.05, 3.63) is 36.1 Å². The third kappa shape index (κ3) is 5.14. The Labute approximate surface area is 192 Å². The van der Waals surface area contributed by atoms with Crippen molar-refractivity contribution in [2.24, 2.45) is 0 Å². The lowest BCUT2D eigenvalue weighted by Gasteiger charge is -2.41. The van der Waals surface area contributed by atoms with Crippen LogP contribution in [0.25, 0.3) is 11.1 Å². The zero-order valence-corrected chi connectivity index (χ0v) is 23.8. The maximum Gasteiger partial charge on any atom is 0.274 e. The lowest BCUT2D eigenvalue weighted by molar-refractivity contribution is 0.356. The van der Waals surface area contributed by atoms with Crippen LogP contribution in [0.2, 0.25) is 34.8 Å². The van der Waals surface area contributed by atoms with E-state index in [2.05, 4.69) is 107 Å². The summed E-state index contributed by atoms with van der Waals surface area (Å²) in [6.07, 6.45) is 1.84. The highest BCUT2D eigenvalue weighted by Crippen LogP contribution is 2.45. The number of hydrogen-bond donors (Lipinski definition) is 0. The van der Waals surface area contributed by atoms with Crippen LogP contribution in [0.15, 0.2) is 34.9 Å². The first-order chi connectivity index (χ1) is 14.1. The summed E-state index contributed by atoms with van der Waals surface area (Å²) in [4.78, 5) is 0. The van der Waals surface area contributed by atoms with Crippen molar-refractivity contribution in [3.63, 3.8) is 0 Å². The molecular formula is C26H44O3Si2. The molecule has 0 radical (unpaired) electrons.